The topological polar surface area (TPSA) is 12.4 Å². The van der Waals surface area contributed by atoms with Crippen LogP contribution in [0.3, 0.4) is 0 Å². The van der Waals surface area contributed by atoms with Crippen LogP contribution in [0.1, 0.15) is 26.7 Å². The predicted molar refractivity (Wildman–Crippen MR) is 55.2 cm³/mol. The fourth-order valence-corrected chi connectivity index (χ4v) is 1.44. The third-order valence-corrected chi connectivity index (χ3v) is 2.02. The van der Waals surface area contributed by atoms with E-state index in [0.29, 0.717) is 0 Å². The van der Waals surface area contributed by atoms with Gasteiger partial charge in [0.2, 0.25) is 0 Å². The zero-order valence-corrected chi connectivity index (χ0v) is 8.69. The van der Waals surface area contributed by atoms with Gasteiger partial charge in [-0.1, -0.05) is 36.4 Å². The van der Waals surface area contributed by atoms with Gasteiger partial charge in [0, 0.05) is 11.9 Å². The van der Waals surface area contributed by atoms with Gasteiger partial charge in [0.1, 0.15) is 0 Å². The van der Waals surface area contributed by atoms with Crippen LogP contribution in [-0.4, -0.2) is 5.71 Å². The van der Waals surface area contributed by atoms with E-state index < -0.39 is 0 Å². The van der Waals surface area contributed by atoms with E-state index in [-0.39, 0.29) is 0 Å². The summed E-state index contributed by atoms with van der Waals surface area (Å²) in [7, 11) is 0. The van der Waals surface area contributed by atoms with Gasteiger partial charge in [-0.05, 0) is 23.4 Å². The van der Waals surface area contributed by atoms with Crippen LogP contribution in [0.5, 0.6) is 0 Å². The smallest absolute Gasteiger partial charge is 0.0437 e. The van der Waals surface area contributed by atoms with Crippen LogP contribution < -0.4 is 0 Å². The Balaban J connectivity index is 4.47. The Kier molecular flexibility index (Phi) is 6.13. The molecule has 0 rings (SSSR count). The molecule has 0 spiro atoms. The van der Waals surface area contributed by atoms with Crippen LogP contribution in [0.15, 0.2) is 28.3 Å². The molecular formula is C9H14BrN. The standard InChI is InChI=1S/C9H14BrN/c1-4-8(7-10)9(5-2)11-6-3/h6-7H,3-5H2,1-2H3/b8-7-,11-9-. The van der Waals surface area contributed by atoms with Crippen molar-refractivity contribution in [1.29, 1.82) is 0 Å². The zero-order valence-electron chi connectivity index (χ0n) is 7.10. The molecule has 0 radical (unpaired) electrons. The van der Waals surface area contributed by atoms with Gasteiger partial charge >= 0.3 is 0 Å². The second-order valence-electron chi connectivity index (χ2n) is 2.10. The van der Waals surface area contributed by atoms with Crippen molar-refractivity contribution in [2.75, 3.05) is 0 Å². The van der Waals surface area contributed by atoms with E-state index in [0.717, 1.165) is 18.6 Å². The molecule has 0 aromatic heterocycles. The fourth-order valence-electron chi connectivity index (χ4n) is 0.856. The average molecular weight is 216 g/mol. The van der Waals surface area contributed by atoms with Crippen LogP contribution in [0.4, 0.5) is 0 Å². The third kappa shape index (κ3) is 3.51. The quantitative estimate of drug-likeness (QED) is 0.635. The van der Waals surface area contributed by atoms with E-state index in [1.165, 1.54) is 5.57 Å². The summed E-state index contributed by atoms with van der Waals surface area (Å²) in [4.78, 5) is 6.10. The lowest BCUT2D eigenvalue weighted by atomic mass is 10.1. The van der Waals surface area contributed by atoms with Gasteiger partial charge in [0.05, 0.1) is 0 Å². The summed E-state index contributed by atoms with van der Waals surface area (Å²) in [6.45, 7) is 7.77. The summed E-state index contributed by atoms with van der Waals surface area (Å²) in [5.41, 5.74) is 2.35. The first-order valence-electron chi connectivity index (χ1n) is 3.77. The SMILES string of the molecule is C=C/N=C(CC)\C(=C/Br)CC. The summed E-state index contributed by atoms with van der Waals surface area (Å²) < 4.78 is 0. The molecule has 0 bridgehead atoms. The van der Waals surface area contributed by atoms with Gasteiger partial charge in [-0.3, -0.25) is 4.99 Å². The second-order valence-corrected chi connectivity index (χ2v) is 2.56. The van der Waals surface area contributed by atoms with E-state index in [4.69, 9.17) is 0 Å². The van der Waals surface area contributed by atoms with E-state index in [1.54, 1.807) is 6.20 Å². The van der Waals surface area contributed by atoms with Crippen molar-refractivity contribution in [2.45, 2.75) is 26.7 Å². The first kappa shape index (κ1) is 10.6. The molecule has 0 atom stereocenters. The summed E-state index contributed by atoms with van der Waals surface area (Å²) in [5, 5.41) is 0. The van der Waals surface area contributed by atoms with Gasteiger partial charge in [0.25, 0.3) is 0 Å². The molecule has 0 amide bonds. The molecule has 0 aliphatic heterocycles. The number of allylic oxidation sites excluding steroid dienone is 1. The normalized spacial score (nSPS) is 13.4. The first-order valence-corrected chi connectivity index (χ1v) is 4.68. The molecule has 0 saturated heterocycles. The van der Waals surface area contributed by atoms with Gasteiger partial charge in [-0.15, -0.1) is 0 Å². The Hall–Kier alpha value is -0.370. The van der Waals surface area contributed by atoms with Crippen LogP contribution in [0.25, 0.3) is 0 Å². The van der Waals surface area contributed by atoms with Crippen LogP contribution >= 0.6 is 15.9 Å². The van der Waals surface area contributed by atoms with E-state index >= 15 is 0 Å². The second kappa shape index (κ2) is 6.35. The minimum Gasteiger partial charge on any atom is -0.262 e. The molecule has 0 aliphatic rings. The fraction of sp³-hybridized carbons (Fsp3) is 0.444. The molecule has 2 heteroatoms. The number of nitrogens with zero attached hydrogens (tertiary/aromatic N) is 1. The lowest BCUT2D eigenvalue weighted by Gasteiger charge is -2.03. The lowest BCUT2D eigenvalue weighted by molar-refractivity contribution is 1.14. The minimum atomic E-state index is 0.956. The number of aliphatic imine (C=N–C) groups is 1. The lowest BCUT2D eigenvalue weighted by Crippen LogP contribution is -1.98. The molecule has 0 unspecified atom stereocenters. The average Bonchev–Trinajstić information content (AvgIpc) is 2.05. The molecule has 0 aromatic rings. The van der Waals surface area contributed by atoms with Crippen molar-refractivity contribution >= 4 is 21.6 Å². The van der Waals surface area contributed by atoms with Crippen molar-refractivity contribution in [1.82, 2.24) is 0 Å². The number of halogens is 1. The Morgan fingerprint density at radius 2 is 2.09 bits per heavy atom. The van der Waals surface area contributed by atoms with Crippen molar-refractivity contribution < 1.29 is 0 Å². The van der Waals surface area contributed by atoms with Crippen LogP contribution in [0.2, 0.25) is 0 Å². The minimum absolute atomic E-state index is 0.956. The predicted octanol–water partition coefficient (Wildman–Crippen LogP) is 3.67. The highest BCUT2D eigenvalue weighted by Gasteiger charge is 1.99. The first-order chi connectivity index (χ1) is 5.29. The maximum atomic E-state index is 4.17. The number of hydrogen-bond acceptors (Lipinski definition) is 1. The molecule has 1 nitrogen and oxygen atoms in total. The highest BCUT2D eigenvalue weighted by Crippen LogP contribution is 2.09. The summed E-state index contributed by atoms with van der Waals surface area (Å²) in [6, 6.07) is 0. The van der Waals surface area contributed by atoms with Crippen molar-refractivity contribution in [3.8, 4) is 0 Å². The molecule has 62 valence electrons. The highest BCUT2D eigenvalue weighted by atomic mass is 79.9. The largest absolute Gasteiger partial charge is 0.262 e. The Labute approximate surface area is 77.0 Å². The van der Waals surface area contributed by atoms with Crippen LogP contribution in [0, 0.1) is 0 Å². The number of hydrogen-bond donors (Lipinski definition) is 0. The van der Waals surface area contributed by atoms with Gasteiger partial charge < -0.3 is 0 Å². The Morgan fingerprint density at radius 3 is 2.36 bits per heavy atom. The van der Waals surface area contributed by atoms with E-state index in [2.05, 4.69) is 41.3 Å². The Morgan fingerprint density at radius 1 is 1.45 bits per heavy atom. The molecule has 0 aliphatic carbocycles. The third-order valence-electron chi connectivity index (χ3n) is 1.47. The van der Waals surface area contributed by atoms with Crippen molar-refractivity contribution in [2.24, 2.45) is 4.99 Å². The van der Waals surface area contributed by atoms with Crippen molar-refractivity contribution in [3.63, 3.8) is 0 Å². The number of rotatable bonds is 4. The van der Waals surface area contributed by atoms with Gasteiger partial charge in [-0.25, -0.2) is 0 Å². The monoisotopic (exact) mass is 215 g/mol. The summed E-state index contributed by atoms with van der Waals surface area (Å²) >= 11 is 3.31. The summed E-state index contributed by atoms with van der Waals surface area (Å²) in [6.07, 6.45) is 3.55. The molecule has 0 heterocycles. The van der Waals surface area contributed by atoms with E-state index in [1.807, 2.05) is 4.99 Å². The van der Waals surface area contributed by atoms with Gasteiger partial charge in [0.15, 0.2) is 0 Å². The maximum Gasteiger partial charge on any atom is 0.0437 e. The van der Waals surface area contributed by atoms with E-state index in [9.17, 15) is 0 Å². The molecule has 11 heavy (non-hydrogen) atoms. The summed E-state index contributed by atoms with van der Waals surface area (Å²) in [5.74, 6) is 0. The molecule has 0 aromatic carbocycles. The zero-order chi connectivity index (χ0) is 8.69. The van der Waals surface area contributed by atoms with Gasteiger partial charge in [-0.2, -0.15) is 0 Å². The Bertz CT molecular complexity index is 180. The van der Waals surface area contributed by atoms with Crippen molar-refractivity contribution in [3.05, 3.63) is 23.3 Å². The molecule has 0 saturated carbocycles. The molecular weight excluding hydrogens is 202 g/mol. The maximum absolute atomic E-state index is 4.17. The molecule has 0 N–H and O–H groups in total. The molecule has 0 fully saturated rings. The highest BCUT2D eigenvalue weighted by molar-refractivity contribution is 9.11. The van der Waals surface area contributed by atoms with Crippen LogP contribution in [-0.2, 0) is 0 Å².